The van der Waals surface area contributed by atoms with Crippen molar-refractivity contribution in [1.29, 1.82) is 0 Å². The summed E-state index contributed by atoms with van der Waals surface area (Å²) in [4.78, 5) is 13.7. The second-order valence-corrected chi connectivity index (χ2v) is 4.29. The molecule has 0 aliphatic carbocycles. The molecular formula is C8H11N5OS. The molecule has 0 radical (unpaired) electrons. The molecule has 0 spiro atoms. The highest BCUT2D eigenvalue weighted by Crippen LogP contribution is 2.14. The Balaban J connectivity index is 2.07. The summed E-state index contributed by atoms with van der Waals surface area (Å²) < 4.78 is 0. The molecule has 0 aromatic carbocycles. The van der Waals surface area contributed by atoms with Crippen LogP contribution in [-0.2, 0) is 0 Å². The summed E-state index contributed by atoms with van der Waals surface area (Å²) in [5.74, 6) is 2.34. The summed E-state index contributed by atoms with van der Waals surface area (Å²) >= 11 is 1.84. The predicted octanol–water partition coefficient (Wildman–Crippen LogP) is 0.378. The van der Waals surface area contributed by atoms with Gasteiger partial charge in [0.05, 0.1) is 0 Å². The highest BCUT2D eigenvalue weighted by molar-refractivity contribution is 8.00. The van der Waals surface area contributed by atoms with Gasteiger partial charge in [-0.25, -0.2) is 5.43 Å². The number of hydrogen-bond donors (Lipinski definition) is 2. The largest absolute Gasteiger partial charge is 0.288 e. The Morgan fingerprint density at radius 2 is 2.40 bits per heavy atom. The molecular weight excluding hydrogens is 214 g/mol. The summed E-state index contributed by atoms with van der Waals surface area (Å²) in [6.07, 6.45) is 0.987. The van der Waals surface area contributed by atoms with E-state index < -0.39 is 0 Å². The van der Waals surface area contributed by atoms with Crippen molar-refractivity contribution in [3.8, 4) is 0 Å². The summed E-state index contributed by atoms with van der Waals surface area (Å²) in [6, 6.07) is 0. The third-order valence-corrected chi connectivity index (χ3v) is 3.01. The number of nitrogens with zero attached hydrogens (tertiary/aromatic N) is 3. The molecule has 1 aromatic rings. The van der Waals surface area contributed by atoms with E-state index >= 15 is 0 Å². The van der Waals surface area contributed by atoms with Crippen molar-refractivity contribution in [2.24, 2.45) is 5.10 Å². The van der Waals surface area contributed by atoms with E-state index in [1.54, 1.807) is 6.92 Å². The molecule has 0 unspecified atom stereocenters. The summed E-state index contributed by atoms with van der Waals surface area (Å²) in [5, 5.41) is 11.6. The quantitative estimate of drug-likeness (QED) is 0.711. The second kappa shape index (κ2) is 4.43. The Labute approximate surface area is 90.6 Å². The van der Waals surface area contributed by atoms with E-state index in [1.807, 2.05) is 11.8 Å². The van der Waals surface area contributed by atoms with E-state index in [2.05, 4.69) is 25.7 Å². The van der Waals surface area contributed by atoms with Crippen LogP contribution < -0.4 is 11.0 Å². The molecule has 0 bridgehead atoms. The molecule has 1 aromatic heterocycles. The predicted molar refractivity (Wildman–Crippen MR) is 60.4 cm³/mol. The maximum Gasteiger partial charge on any atom is 0.274 e. The van der Waals surface area contributed by atoms with Gasteiger partial charge in [0.25, 0.3) is 5.56 Å². The average Bonchev–Trinajstić information content (AvgIpc) is 2.73. The van der Waals surface area contributed by atoms with Crippen molar-refractivity contribution in [3.05, 3.63) is 16.0 Å². The monoisotopic (exact) mass is 225 g/mol. The van der Waals surface area contributed by atoms with E-state index in [9.17, 15) is 4.79 Å². The SMILES string of the molecule is Cc1nnc(N/N=C2\CCSC2)[nH]c1=O. The number of aromatic amines is 1. The van der Waals surface area contributed by atoms with E-state index in [4.69, 9.17) is 0 Å². The van der Waals surface area contributed by atoms with Crippen LogP contribution in [0.25, 0.3) is 0 Å². The molecule has 15 heavy (non-hydrogen) atoms. The van der Waals surface area contributed by atoms with Gasteiger partial charge in [0.1, 0.15) is 5.69 Å². The average molecular weight is 225 g/mol. The Bertz CT molecular complexity index is 433. The van der Waals surface area contributed by atoms with Crippen LogP contribution in [0.2, 0.25) is 0 Å². The second-order valence-electron chi connectivity index (χ2n) is 3.18. The molecule has 7 heteroatoms. The van der Waals surface area contributed by atoms with Gasteiger partial charge in [0, 0.05) is 11.5 Å². The molecule has 2 heterocycles. The van der Waals surface area contributed by atoms with Crippen molar-refractivity contribution in [2.45, 2.75) is 13.3 Å². The minimum Gasteiger partial charge on any atom is -0.288 e. The molecule has 1 aliphatic heterocycles. The lowest BCUT2D eigenvalue weighted by atomic mass is 10.3. The number of hydrazone groups is 1. The first-order valence-electron chi connectivity index (χ1n) is 4.58. The van der Waals surface area contributed by atoms with Gasteiger partial charge in [-0.05, 0) is 19.1 Å². The number of thioether (sulfide) groups is 1. The van der Waals surface area contributed by atoms with E-state index in [0.29, 0.717) is 5.69 Å². The number of nitrogens with one attached hydrogen (secondary N) is 2. The van der Waals surface area contributed by atoms with Crippen molar-refractivity contribution in [1.82, 2.24) is 15.2 Å². The maximum atomic E-state index is 11.2. The van der Waals surface area contributed by atoms with E-state index in [1.165, 1.54) is 0 Å². The number of aromatic nitrogens is 3. The van der Waals surface area contributed by atoms with Crippen molar-refractivity contribution in [2.75, 3.05) is 16.9 Å². The van der Waals surface area contributed by atoms with E-state index in [-0.39, 0.29) is 11.5 Å². The summed E-state index contributed by atoms with van der Waals surface area (Å²) in [7, 11) is 0. The molecule has 2 rings (SSSR count). The molecule has 1 aliphatic rings. The normalized spacial score (nSPS) is 18.3. The van der Waals surface area contributed by atoms with Crippen LogP contribution in [0.1, 0.15) is 12.1 Å². The Morgan fingerprint density at radius 1 is 1.53 bits per heavy atom. The lowest BCUT2D eigenvalue weighted by Gasteiger charge is -1.99. The van der Waals surface area contributed by atoms with Crippen LogP contribution in [0.5, 0.6) is 0 Å². The molecule has 1 fully saturated rings. The van der Waals surface area contributed by atoms with Crippen molar-refractivity contribution < 1.29 is 0 Å². The Kier molecular flexibility index (Phi) is 3.00. The third-order valence-electron chi connectivity index (χ3n) is 1.98. The molecule has 0 amide bonds. The van der Waals surface area contributed by atoms with Crippen molar-refractivity contribution in [3.63, 3.8) is 0 Å². The van der Waals surface area contributed by atoms with Gasteiger partial charge in [-0.15, -0.1) is 10.2 Å². The topological polar surface area (TPSA) is 83.0 Å². The molecule has 2 N–H and O–H groups in total. The number of anilines is 1. The molecule has 80 valence electrons. The Morgan fingerprint density at radius 3 is 3.07 bits per heavy atom. The fourth-order valence-electron chi connectivity index (χ4n) is 1.12. The highest BCUT2D eigenvalue weighted by atomic mass is 32.2. The first kappa shape index (κ1) is 10.2. The molecule has 0 atom stereocenters. The van der Waals surface area contributed by atoms with Crippen LogP contribution in [-0.4, -0.2) is 32.4 Å². The molecule has 0 saturated carbocycles. The number of H-pyrrole nitrogens is 1. The zero-order valence-corrected chi connectivity index (χ0v) is 9.10. The standard InChI is InChI=1S/C8H11N5OS/c1-5-7(14)9-8(12-10-5)13-11-6-2-3-15-4-6/h2-4H2,1H3,(H2,9,12,13,14)/b11-6+. The van der Waals surface area contributed by atoms with Gasteiger partial charge in [0.2, 0.25) is 5.95 Å². The smallest absolute Gasteiger partial charge is 0.274 e. The van der Waals surface area contributed by atoms with Gasteiger partial charge >= 0.3 is 0 Å². The zero-order valence-electron chi connectivity index (χ0n) is 8.28. The lowest BCUT2D eigenvalue weighted by molar-refractivity contribution is 0.896. The fraction of sp³-hybridized carbons (Fsp3) is 0.500. The van der Waals surface area contributed by atoms with Crippen LogP contribution >= 0.6 is 11.8 Å². The lowest BCUT2D eigenvalue weighted by Crippen LogP contribution is -2.16. The maximum absolute atomic E-state index is 11.2. The van der Waals surface area contributed by atoms with Crippen molar-refractivity contribution >= 4 is 23.4 Å². The Hall–Kier alpha value is -1.37. The van der Waals surface area contributed by atoms with Crippen LogP contribution in [0.3, 0.4) is 0 Å². The van der Waals surface area contributed by atoms with Gasteiger partial charge in [-0.3, -0.25) is 9.78 Å². The fourth-order valence-corrected chi connectivity index (χ4v) is 2.08. The molecule has 1 saturated heterocycles. The number of hydrogen-bond acceptors (Lipinski definition) is 6. The number of rotatable bonds is 2. The van der Waals surface area contributed by atoms with Gasteiger partial charge < -0.3 is 0 Å². The van der Waals surface area contributed by atoms with Gasteiger partial charge in [-0.1, -0.05) is 0 Å². The van der Waals surface area contributed by atoms with E-state index in [0.717, 1.165) is 23.6 Å². The van der Waals surface area contributed by atoms with Crippen LogP contribution in [0.15, 0.2) is 9.90 Å². The van der Waals surface area contributed by atoms with Crippen LogP contribution in [0, 0.1) is 6.92 Å². The van der Waals surface area contributed by atoms with Crippen LogP contribution in [0.4, 0.5) is 5.95 Å². The summed E-state index contributed by atoms with van der Waals surface area (Å²) in [5.41, 5.74) is 3.90. The number of aryl methyl sites for hydroxylation is 1. The zero-order chi connectivity index (χ0) is 10.7. The summed E-state index contributed by atoms with van der Waals surface area (Å²) in [6.45, 7) is 1.61. The minimum absolute atomic E-state index is 0.242. The van der Waals surface area contributed by atoms with Gasteiger partial charge in [-0.2, -0.15) is 16.9 Å². The molecule has 6 nitrogen and oxygen atoms in total. The van der Waals surface area contributed by atoms with Gasteiger partial charge in [0.15, 0.2) is 0 Å². The highest BCUT2D eigenvalue weighted by Gasteiger charge is 2.08. The minimum atomic E-state index is -0.242. The first-order chi connectivity index (χ1) is 7.25. The third kappa shape index (κ3) is 2.56. The first-order valence-corrected chi connectivity index (χ1v) is 5.74.